The van der Waals surface area contributed by atoms with E-state index in [1.54, 1.807) is 44.5 Å². The molecule has 0 spiro atoms. The molecule has 0 fully saturated rings. The zero-order chi connectivity index (χ0) is 19.8. The van der Waals surface area contributed by atoms with Crippen LogP contribution in [0.5, 0.6) is 0 Å². The molecule has 0 unspecified atom stereocenters. The molecule has 0 aliphatic rings. The Morgan fingerprint density at radius 3 is 2.79 bits per heavy atom. The van der Waals surface area contributed by atoms with Gasteiger partial charge in [-0.2, -0.15) is 15.3 Å². The zero-order valence-electron chi connectivity index (χ0n) is 14.6. The van der Waals surface area contributed by atoms with Crippen molar-refractivity contribution in [2.24, 2.45) is 0 Å². The summed E-state index contributed by atoms with van der Waals surface area (Å²) in [5.41, 5.74) is 0.991. The predicted molar refractivity (Wildman–Crippen MR) is 107 cm³/mol. The molecule has 3 aromatic heterocycles. The Kier molecular flexibility index (Phi) is 5.05. The Morgan fingerprint density at radius 1 is 1.21 bits per heavy atom. The fourth-order valence-corrected chi connectivity index (χ4v) is 3.57. The van der Waals surface area contributed by atoms with Crippen LogP contribution in [0.25, 0.3) is 17.3 Å². The molecule has 7 nitrogen and oxygen atoms in total. The van der Waals surface area contributed by atoms with Crippen molar-refractivity contribution in [3.8, 4) is 17.3 Å². The molecular formula is C17H14Cl2FN7S. The highest BCUT2D eigenvalue weighted by atomic mass is 35.5. The molecule has 0 aliphatic heterocycles. The number of nitrogens with one attached hydrogen (secondary N) is 1. The van der Waals surface area contributed by atoms with Gasteiger partial charge in [-0.25, -0.2) is 8.96 Å². The van der Waals surface area contributed by atoms with Crippen LogP contribution in [0.1, 0.15) is 12.5 Å². The summed E-state index contributed by atoms with van der Waals surface area (Å²) in [6, 6.07) is 6.32. The van der Waals surface area contributed by atoms with E-state index in [2.05, 4.69) is 20.4 Å². The summed E-state index contributed by atoms with van der Waals surface area (Å²) in [7, 11) is 0. The van der Waals surface area contributed by atoms with Gasteiger partial charge in [0, 0.05) is 29.4 Å². The van der Waals surface area contributed by atoms with Crippen LogP contribution >= 0.6 is 35.4 Å². The minimum atomic E-state index is -0.385. The summed E-state index contributed by atoms with van der Waals surface area (Å²) in [6.45, 7) is 2.74. The van der Waals surface area contributed by atoms with Crippen molar-refractivity contribution in [2.75, 3.05) is 0 Å². The lowest BCUT2D eigenvalue weighted by atomic mass is 10.2. The number of hydrogen-bond donors (Lipinski definition) is 1. The quantitative estimate of drug-likeness (QED) is 0.466. The van der Waals surface area contributed by atoms with E-state index in [1.807, 2.05) is 6.92 Å². The van der Waals surface area contributed by atoms with Crippen LogP contribution in [-0.2, 0) is 13.1 Å². The van der Waals surface area contributed by atoms with Gasteiger partial charge in [-0.05, 0) is 31.3 Å². The Balaban J connectivity index is 1.75. The number of benzene rings is 1. The molecule has 0 atom stereocenters. The van der Waals surface area contributed by atoms with Crippen molar-refractivity contribution in [1.29, 1.82) is 0 Å². The highest BCUT2D eigenvalue weighted by Crippen LogP contribution is 2.28. The van der Waals surface area contributed by atoms with Crippen molar-refractivity contribution in [3.63, 3.8) is 0 Å². The third kappa shape index (κ3) is 3.25. The first-order valence-corrected chi connectivity index (χ1v) is 9.51. The molecule has 3 heterocycles. The van der Waals surface area contributed by atoms with Gasteiger partial charge < -0.3 is 0 Å². The number of H-pyrrole nitrogens is 1. The molecule has 0 aliphatic carbocycles. The number of aryl methyl sites for hydroxylation is 1. The van der Waals surface area contributed by atoms with Gasteiger partial charge in [0.1, 0.15) is 11.5 Å². The van der Waals surface area contributed by atoms with E-state index < -0.39 is 0 Å². The highest BCUT2D eigenvalue weighted by molar-refractivity contribution is 7.71. The van der Waals surface area contributed by atoms with Crippen molar-refractivity contribution in [2.45, 2.75) is 20.0 Å². The standard InChI is InChI=1S/C17H14Cl2FN7S/c1-2-26-15(12(19)8-21-26)16-22-23-17(28)27(16)14-6-7-25(24-14)9-10-11(18)4-3-5-13(10)20/h3-8H,2,9H2,1H3,(H,23,28). The minimum absolute atomic E-state index is 0.180. The Hall–Kier alpha value is -2.49. The SMILES string of the molecule is CCn1ncc(Cl)c1-c1n[nH]c(=S)n1-c1ccn(Cc2c(F)cccc2Cl)n1. The first kappa shape index (κ1) is 18.9. The van der Waals surface area contributed by atoms with E-state index in [-0.39, 0.29) is 12.4 Å². The number of rotatable bonds is 5. The Morgan fingerprint density at radius 2 is 2.04 bits per heavy atom. The first-order valence-electron chi connectivity index (χ1n) is 8.35. The van der Waals surface area contributed by atoms with Crippen LogP contribution in [0.4, 0.5) is 4.39 Å². The molecule has 0 saturated heterocycles. The Bertz CT molecular complexity index is 1190. The first-order chi connectivity index (χ1) is 13.5. The average molecular weight is 438 g/mol. The van der Waals surface area contributed by atoms with Gasteiger partial charge in [-0.1, -0.05) is 29.3 Å². The maximum Gasteiger partial charge on any atom is 0.201 e. The van der Waals surface area contributed by atoms with E-state index in [4.69, 9.17) is 35.4 Å². The van der Waals surface area contributed by atoms with Crippen LogP contribution in [0, 0.1) is 10.6 Å². The molecule has 1 aromatic carbocycles. The highest BCUT2D eigenvalue weighted by Gasteiger charge is 2.20. The molecule has 11 heteroatoms. The van der Waals surface area contributed by atoms with Gasteiger partial charge in [0.05, 0.1) is 17.8 Å². The van der Waals surface area contributed by atoms with Crippen molar-refractivity contribution in [1.82, 2.24) is 34.3 Å². The summed E-state index contributed by atoms with van der Waals surface area (Å²) in [6.07, 6.45) is 3.27. The minimum Gasteiger partial charge on any atom is -0.266 e. The van der Waals surface area contributed by atoms with E-state index in [1.165, 1.54) is 6.07 Å². The second-order valence-electron chi connectivity index (χ2n) is 5.92. The molecule has 1 N–H and O–H groups in total. The monoisotopic (exact) mass is 437 g/mol. The van der Waals surface area contributed by atoms with E-state index in [9.17, 15) is 4.39 Å². The van der Waals surface area contributed by atoms with Crippen molar-refractivity contribution >= 4 is 35.4 Å². The number of aromatic amines is 1. The van der Waals surface area contributed by atoms with E-state index in [0.29, 0.717) is 44.3 Å². The maximum atomic E-state index is 14.1. The predicted octanol–water partition coefficient (Wildman–Crippen LogP) is 4.50. The number of hydrogen-bond acceptors (Lipinski definition) is 4. The Labute approximate surface area is 174 Å². The lowest BCUT2D eigenvalue weighted by molar-refractivity contribution is 0.584. The molecule has 28 heavy (non-hydrogen) atoms. The largest absolute Gasteiger partial charge is 0.266 e. The summed E-state index contributed by atoms with van der Waals surface area (Å²) in [5.74, 6) is 0.619. The molecule has 144 valence electrons. The second kappa shape index (κ2) is 7.50. The lowest BCUT2D eigenvalue weighted by Gasteiger charge is -2.07. The van der Waals surface area contributed by atoms with Gasteiger partial charge in [0.15, 0.2) is 11.6 Å². The zero-order valence-corrected chi connectivity index (χ0v) is 16.9. The van der Waals surface area contributed by atoms with E-state index >= 15 is 0 Å². The topological polar surface area (TPSA) is 69.2 Å². The summed E-state index contributed by atoms with van der Waals surface area (Å²) in [4.78, 5) is 0. The molecule has 0 bridgehead atoms. The van der Waals surface area contributed by atoms with Crippen LogP contribution in [0.3, 0.4) is 0 Å². The molecule has 0 amide bonds. The van der Waals surface area contributed by atoms with Crippen LogP contribution < -0.4 is 0 Å². The fourth-order valence-electron chi connectivity index (χ4n) is 2.90. The number of nitrogens with zero attached hydrogens (tertiary/aromatic N) is 6. The van der Waals surface area contributed by atoms with Crippen LogP contribution in [0.2, 0.25) is 10.0 Å². The van der Waals surface area contributed by atoms with E-state index in [0.717, 1.165) is 0 Å². The molecular weight excluding hydrogens is 424 g/mol. The fraction of sp³-hybridized carbons (Fsp3) is 0.176. The summed E-state index contributed by atoms with van der Waals surface area (Å²) >= 11 is 17.8. The number of aromatic nitrogens is 7. The van der Waals surface area contributed by atoms with Gasteiger partial charge >= 0.3 is 0 Å². The van der Waals surface area contributed by atoms with Crippen molar-refractivity contribution < 1.29 is 4.39 Å². The molecule has 0 saturated carbocycles. The van der Waals surface area contributed by atoms with Crippen LogP contribution in [0.15, 0.2) is 36.7 Å². The molecule has 4 aromatic rings. The maximum absolute atomic E-state index is 14.1. The van der Waals surface area contributed by atoms with Gasteiger partial charge in [0.2, 0.25) is 4.77 Å². The lowest BCUT2D eigenvalue weighted by Crippen LogP contribution is -2.07. The third-order valence-electron chi connectivity index (χ3n) is 4.22. The normalized spacial score (nSPS) is 11.3. The third-order valence-corrected chi connectivity index (χ3v) is 5.12. The molecule has 0 radical (unpaired) electrons. The second-order valence-corrected chi connectivity index (χ2v) is 7.12. The van der Waals surface area contributed by atoms with Crippen molar-refractivity contribution in [3.05, 3.63) is 62.9 Å². The van der Waals surface area contributed by atoms with Gasteiger partial charge in [-0.15, -0.1) is 0 Å². The smallest absolute Gasteiger partial charge is 0.201 e. The molecule has 4 rings (SSSR count). The van der Waals surface area contributed by atoms with Crippen LogP contribution in [-0.4, -0.2) is 34.3 Å². The van der Waals surface area contributed by atoms with Gasteiger partial charge in [0.25, 0.3) is 0 Å². The van der Waals surface area contributed by atoms with Gasteiger partial charge in [-0.3, -0.25) is 14.5 Å². The summed E-state index contributed by atoms with van der Waals surface area (Å²) < 4.78 is 19.4. The summed E-state index contributed by atoms with van der Waals surface area (Å²) in [5, 5.41) is 16.6. The average Bonchev–Trinajstić information content (AvgIpc) is 3.36. The number of halogens is 3.